The smallest absolute Gasteiger partial charge is 0.223 e. The van der Waals surface area contributed by atoms with Crippen molar-refractivity contribution in [1.29, 1.82) is 0 Å². The van der Waals surface area contributed by atoms with E-state index in [1.54, 1.807) is 6.20 Å². The van der Waals surface area contributed by atoms with Gasteiger partial charge in [-0.3, -0.25) is 0 Å². The van der Waals surface area contributed by atoms with Crippen molar-refractivity contribution in [2.24, 2.45) is 5.73 Å². The third-order valence-electron chi connectivity index (χ3n) is 1.65. The second-order valence-electron chi connectivity index (χ2n) is 2.91. The van der Waals surface area contributed by atoms with Crippen molar-refractivity contribution in [2.75, 3.05) is 11.9 Å². The van der Waals surface area contributed by atoms with Crippen molar-refractivity contribution < 1.29 is 0 Å². The van der Waals surface area contributed by atoms with E-state index in [1.807, 2.05) is 13.8 Å². The van der Waals surface area contributed by atoms with Gasteiger partial charge < -0.3 is 11.1 Å². The van der Waals surface area contributed by atoms with E-state index in [9.17, 15) is 0 Å². The molecule has 0 spiro atoms. The molecule has 5 heteroatoms. The number of aryl methyl sites for hydroxylation is 1. The quantitative estimate of drug-likeness (QED) is 0.842. The second-order valence-corrected chi connectivity index (χ2v) is 3.76. The number of nitrogens with two attached hydrogens (primary N) is 1. The van der Waals surface area contributed by atoms with Crippen molar-refractivity contribution in [3.63, 3.8) is 0 Å². The minimum atomic E-state index is 0.195. The summed E-state index contributed by atoms with van der Waals surface area (Å²) < 4.78 is 0.915. The van der Waals surface area contributed by atoms with Crippen molar-refractivity contribution in [2.45, 2.75) is 19.9 Å². The van der Waals surface area contributed by atoms with Crippen LogP contribution in [0, 0.1) is 6.92 Å². The number of nitrogens with one attached hydrogen (secondary N) is 1. The lowest BCUT2D eigenvalue weighted by Crippen LogP contribution is -2.26. The molecule has 13 heavy (non-hydrogen) atoms. The number of anilines is 1. The summed E-state index contributed by atoms with van der Waals surface area (Å²) in [6, 6.07) is 0.195. The molecule has 3 N–H and O–H groups in total. The Balaban J connectivity index is 2.73. The van der Waals surface area contributed by atoms with Crippen molar-refractivity contribution in [1.82, 2.24) is 9.97 Å². The van der Waals surface area contributed by atoms with E-state index in [0.29, 0.717) is 12.5 Å². The van der Waals surface area contributed by atoms with E-state index < -0.39 is 0 Å². The monoisotopic (exact) mass is 244 g/mol. The molecule has 0 bridgehead atoms. The van der Waals surface area contributed by atoms with Gasteiger partial charge in [0, 0.05) is 18.8 Å². The molecule has 0 amide bonds. The lowest BCUT2D eigenvalue weighted by atomic mass is 10.3. The number of aromatic nitrogens is 2. The summed E-state index contributed by atoms with van der Waals surface area (Å²) in [6.07, 6.45) is 1.73. The van der Waals surface area contributed by atoms with E-state index in [0.717, 1.165) is 10.2 Å². The highest BCUT2D eigenvalue weighted by Crippen LogP contribution is 2.13. The molecule has 0 aliphatic heterocycles. The van der Waals surface area contributed by atoms with Crippen LogP contribution in [0.1, 0.15) is 12.6 Å². The fourth-order valence-electron chi connectivity index (χ4n) is 0.801. The van der Waals surface area contributed by atoms with Gasteiger partial charge in [-0.15, -0.1) is 0 Å². The van der Waals surface area contributed by atoms with Crippen LogP contribution in [-0.2, 0) is 0 Å². The lowest BCUT2D eigenvalue weighted by Gasteiger charge is -2.11. The minimum Gasteiger partial charge on any atom is -0.350 e. The highest BCUT2D eigenvalue weighted by molar-refractivity contribution is 9.10. The van der Waals surface area contributed by atoms with E-state index >= 15 is 0 Å². The Bertz CT molecular complexity index is 289. The Labute approximate surface area is 86.1 Å². The van der Waals surface area contributed by atoms with Crippen LogP contribution >= 0.6 is 15.9 Å². The third-order valence-corrected chi connectivity index (χ3v) is 2.43. The minimum absolute atomic E-state index is 0.195. The molecule has 0 fully saturated rings. The molecule has 0 aliphatic carbocycles. The van der Waals surface area contributed by atoms with Gasteiger partial charge in [0.2, 0.25) is 5.95 Å². The first-order valence-electron chi connectivity index (χ1n) is 4.09. The zero-order valence-corrected chi connectivity index (χ0v) is 9.30. The van der Waals surface area contributed by atoms with Crippen LogP contribution in [0.5, 0.6) is 0 Å². The highest BCUT2D eigenvalue weighted by atomic mass is 79.9. The Morgan fingerprint density at radius 2 is 2.38 bits per heavy atom. The first kappa shape index (κ1) is 10.4. The van der Waals surface area contributed by atoms with E-state index in [-0.39, 0.29) is 6.04 Å². The van der Waals surface area contributed by atoms with Gasteiger partial charge in [-0.25, -0.2) is 9.97 Å². The van der Waals surface area contributed by atoms with Crippen molar-refractivity contribution in [3.8, 4) is 0 Å². The summed E-state index contributed by atoms with van der Waals surface area (Å²) in [5.41, 5.74) is 6.38. The van der Waals surface area contributed by atoms with E-state index in [1.165, 1.54) is 0 Å². The van der Waals surface area contributed by atoms with E-state index in [4.69, 9.17) is 5.73 Å². The van der Waals surface area contributed by atoms with Gasteiger partial charge in [0.1, 0.15) is 0 Å². The van der Waals surface area contributed by atoms with Crippen LogP contribution < -0.4 is 11.1 Å². The maximum atomic E-state index is 5.46. The predicted molar refractivity (Wildman–Crippen MR) is 56.6 cm³/mol. The SMILES string of the molecule is Cc1nc(NC(C)CN)ncc1Br. The molecule has 1 aromatic rings. The van der Waals surface area contributed by atoms with Gasteiger partial charge >= 0.3 is 0 Å². The average molecular weight is 245 g/mol. The fraction of sp³-hybridized carbons (Fsp3) is 0.500. The summed E-state index contributed by atoms with van der Waals surface area (Å²) in [7, 11) is 0. The summed E-state index contributed by atoms with van der Waals surface area (Å²) in [4.78, 5) is 8.34. The Morgan fingerprint density at radius 3 is 2.92 bits per heavy atom. The molecule has 1 heterocycles. The number of hydrogen-bond donors (Lipinski definition) is 2. The molecule has 1 unspecified atom stereocenters. The fourth-order valence-corrected chi connectivity index (χ4v) is 0.992. The Kier molecular flexibility index (Phi) is 3.62. The normalized spacial score (nSPS) is 12.6. The Hall–Kier alpha value is -0.680. The molecule has 0 saturated heterocycles. The predicted octanol–water partition coefficient (Wildman–Crippen LogP) is 1.31. The summed E-state index contributed by atoms with van der Waals surface area (Å²) in [6.45, 7) is 4.48. The first-order valence-corrected chi connectivity index (χ1v) is 4.88. The van der Waals surface area contributed by atoms with Crippen LogP contribution in [0.25, 0.3) is 0 Å². The maximum absolute atomic E-state index is 5.46. The Morgan fingerprint density at radius 1 is 1.69 bits per heavy atom. The van der Waals surface area contributed by atoms with Gasteiger partial charge in [-0.1, -0.05) is 0 Å². The van der Waals surface area contributed by atoms with E-state index in [2.05, 4.69) is 31.2 Å². The molecule has 0 aliphatic rings. The largest absolute Gasteiger partial charge is 0.350 e. The number of nitrogens with zero attached hydrogens (tertiary/aromatic N) is 2. The molecule has 72 valence electrons. The number of rotatable bonds is 3. The maximum Gasteiger partial charge on any atom is 0.223 e. The molecule has 4 nitrogen and oxygen atoms in total. The van der Waals surface area contributed by atoms with Crippen molar-refractivity contribution in [3.05, 3.63) is 16.4 Å². The summed E-state index contributed by atoms with van der Waals surface area (Å²) in [5.74, 6) is 0.624. The van der Waals surface area contributed by atoms with Gasteiger partial charge in [-0.2, -0.15) is 0 Å². The molecule has 0 aromatic carbocycles. The third kappa shape index (κ3) is 2.93. The zero-order chi connectivity index (χ0) is 9.84. The summed E-state index contributed by atoms with van der Waals surface area (Å²) >= 11 is 3.34. The molecule has 1 aromatic heterocycles. The highest BCUT2D eigenvalue weighted by Gasteiger charge is 2.03. The van der Waals surface area contributed by atoms with Gasteiger partial charge in [0.05, 0.1) is 10.2 Å². The van der Waals surface area contributed by atoms with Gasteiger partial charge in [0.15, 0.2) is 0 Å². The molecule has 0 radical (unpaired) electrons. The number of hydrogen-bond acceptors (Lipinski definition) is 4. The first-order chi connectivity index (χ1) is 6.13. The average Bonchev–Trinajstić information content (AvgIpc) is 2.11. The topological polar surface area (TPSA) is 63.8 Å². The zero-order valence-electron chi connectivity index (χ0n) is 7.71. The summed E-state index contributed by atoms with van der Waals surface area (Å²) in [5, 5.41) is 3.09. The molecular formula is C8H13BrN4. The van der Waals surface area contributed by atoms with Crippen LogP contribution in [0.2, 0.25) is 0 Å². The molecular weight excluding hydrogens is 232 g/mol. The molecule has 1 atom stereocenters. The van der Waals surface area contributed by atoms with Crippen LogP contribution in [-0.4, -0.2) is 22.6 Å². The van der Waals surface area contributed by atoms with Gasteiger partial charge in [0.25, 0.3) is 0 Å². The van der Waals surface area contributed by atoms with Gasteiger partial charge in [-0.05, 0) is 29.8 Å². The van der Waals surface area contributed by atoms with Crippen LogP contribution in [0.4, 0.5) is 5.95 Å². The lowest BCUT2D eigenvalue weighted by molar-refractivity contribution is 0.788. The second kappa shape index (κ2) is 4.53. The van der Waals surface area contributed by atoms with Crippen LogP contribution in [0.3, 0.4) is 0 Å². The molecule has 0 saturated carbocycles. The number of halogens is 1. The molecule has 1 rings (SSSR count). The van der Waals surface area contributed by atoms with Crippen molar-refractivity contribution >= 4 is 21.9 Å². The standard InChI is InChI=1S/C8H13BrN4/c1-5(3-10)12-8-11-4-7(9)6(2)13-8/h4-5H,3,10H2,1-2H3,(H,11,12,13). The van der Waals surface area contributed by atoms with Crippen LogP contribution in [0.15, 0.2) is 10.7 Å².